The zero-order valence-electron chi connectivity index (χ0n) is 26.6. The quantitative estimate of drug-likeness (QED) is 0.206. The lowest BCUT2D eigenvalue weighted by Crippen LogP contribution is -2.71. The highest BCUT2D eigenvalue weighted by Crippen LogP contribution is 2.77. The van der Waals surface area contributed by atoms with Crippen molar-refractivity contribution >= 4 is 42.3 Å². The molecule has 1 unspecified atom stereocenters. The summed E-state index contributed by atoms with van der Waals surface area (Å²) in [5.74, 6) is -1.63. The molecule has 2 fully saturated rings. The number of methoxy groups -OCH3 is 2. The highest BCUT2D eigenvalue weighted by Gasteiger charge is 2.75. The second-order valence-corrected chi connectivity index (χ2v) is 14.4. The predicted molar refractivity (Wildman–Crippen MR) is 176 cm³/mol. The topological polar surface area (TPSA) is 79.4 Å². The Kier molecular flexibility index (Phi) is 8.88. The van der Waals surface area contributed by atoms with Crippen molar-refractivity contribution in [1.29, 1.82) is 0 Å². The van der Waals surface area contributed by atoms with Crippen molar-refractivity contribution < 1.29 is 23.9 Å². The van der Waals surface area contributed by atoms with Crippen LogP contribution in [0, 0.1) is 10.8 Å². The average Bonchev–Trinajstić information content (AvgIpc) is 3.04. The van der Waals surface area contributed by atoms with Crippen LogP contribution in [0.3, 0.4) is 0 Å². The van der Waals surface area contributed by atoms with Gasteiger partial charge in [0.2, 0.25) is 0 Å². The maximum Gasteiger partial charge on any atom is 0.321 e. The van der Waals surface area contributed by atoms with Crippen LogP contribution in [0.1, 0.15) is 29.4 Å². The number of anilines is 2. The Morgan fingerprint density at radius 3 is 1.50 bits per heavy atom. The number of carbonyl (C=O) groups excluding carboxylic acids is 3. The molecule has 232 valence electrons. The highest BCUT2D eigenvalue weighted by molar-refractivity contribution is 7.66. The number of hydrogen-bond acceptors (Lipinski definition) is 8. The lowest BCUT2D eigenvalue weighted by Gasteiger charge is -2.61. The van der Waals surface area contributed by atoms with Crippen molar-refractivity contribution in [3.05, 3.63) is 90.0 Å². The molecule has 0 amide bonds. The molecule has 3 aromatic rings. The van der Waals surface area contributed by atoms with E-state index in [4.69, 9.17) is 9.47 Å². The van der Waals surface area contributed by atoms with Crippen LogP contribution in [0.25, 0.3) is 0 Å². The molecule has 0 aliphatic carbocycles. The van der Waals surface area contributed by atoms with Gasteiger partial charge in [0.15, 0.2) is 16.6 Å². The summed E-state index contributed by atoms with van der Waals surface area (Å²) in [4.78, 5) is 50.1. The highest BCUT2D eigenvalue weighted by atomic mass is 31.1. The smallest absolute Gasteiger partial charge is 0.321 e. The fourth-order valence-corrected chi connectivity index (χ4v) is 11.1. The Hall–Kier alpha value is -3.74. The molecule has 8 nitrogen and oxygen atoms in total. The predicted octanol–water partition coefficient (Wildman–Crippen LogP) is 4.65. The van der Waals surface area contributed by atoms with Gasteiger partial charge in [0, 0.05) is 64.0 Å². The molecule has 5 atom stereocenters. The summed E-state index contributed by atoms with van der Waals surface area (Å²) in [7, 11) is 9.14. The number of ether oxygens (including phenoxy) is 2. The second-order valence-electron chi connectivity index (χ2n) is 12.1. The third kappa shape index (κ3) is 4.89. The summed E-state index contributed by atoms with van der Waals surface area (Å²) in [6.45, 7) is 2.85. The van der Waals surface area contributed by atoms with Crippen molar-refractivity contribution in [2.45, 2.75) is 18.2 Å². The molecule has 0 N–H and O–H groups in total. The van der Waals surface area contributed by atoms with Gasteiger partial charge in [0.25, 0.3) is 0 Å². The zero-order chi connectivity index (χ0) is 31.8. The van der Waals surface area contributed by atoms with Gasteiger partial charge in [-0.2, -0.15) is 0 Å². The SMILES string of the molecule is CCN1C[C@@]2(C(=O)OC)C(=O)[C@@](C(=O)OC)(C1)[C@@H](c1ccc(N(C)C)cc1)P(c1ccccc1)[C@H]2c1ccc(N(C)C)cc1. The van der Waals surface area contributed by atoms with E-state index in [-0.39, 0.29) is 13.1 Å². The van der Waals surface area contributed by atoms with E-state index in [1.807, 2.05) is 112 Å². The zero-order valence-corrected chi connectivity index (χ0v) is 27.5. The Bertz CT molecular complexity index is 1420. The molecular weight excluding hydrogens is 573 g/mol. The van der Waals surface area contributed by atoms with Crippen LogP contribution in [0.4, 0.5) is 11.4 Å². The van der Waals surface area contributed by atoms with Crippen LogP contribution in [0.2, 0.25) is 0 Å². The van der Waals surface area contributed by atoms with E-state index in [0.29, 0.717) is 6.54 Å². The van der Waals surface area contributed by atoms with E-state index in [2.05, 4.69) is 17.0 Å². The molecule has 2 bridgehead atoms. The summed E-state index contributed by atoms with van der Waals surface area (Å²) < 4.78 is 11.1. The standard InChI is InChI=1S/C35H42N3O5P/c1-8-38-22-34(32(40)42-6)29(24-14-18-26(19-15-24)36(2)3)44(28-12-10-9-11-13-28)30(25-16-20-27(21-17-25)37(4)5)35(23-38,31(34)39)33(41)43-7/h9-21,29-30H,8,22-23H2,1-7H3/t29-,30+,34-,35+,44?. The molecule has 0 spiro atoms. The molecule has 5 rings (SSSR count). The van der Waals surface area contributed by atoms with Crippen molar-refractivity contribution in [2.75, 3.05) is 71.8 Å². The minimum atomic E-state index is -1.63. The number of nitrogens with zero attached hydrogens (tertiary/aromatic N) is 3. The van der Waals surface area contributed by atoms with Crippen molar-refractivity contribution in [2.24, 2.45) is 10.8 Å². The third-order valence-corrected chi connectivity index (χ3v) is 12.8. The lowest BCUT2D eigenvalue weighted by atomic mass is 9.60. The number of rotatable bonds is 8. The maximum atomic E-state index is 15.4. The Morgan fingerprint density at radius 1 is 0.750 bits per heavy atom. The van der Waals surface area contributed by atoms with Crippen molar-refractivity contribution in [3.8, 4) is 0 Å². The number of ketones is 1. The number of fused-ring (bicyclic) bond motifs is 2. The Balaban J connectivity index is 1.92. The third-order valence-electron chi connectivity index (χ3n) is 9.30. The van der Waals surface area contributed by atoms with Gasteiger partial charge in [0.1, 0.15) is 0 Å². The molecule has 3 aromatic carbocycles. The summed E-state index contributed by atoms with van der Waals surface area (Å²) >= 11 is 0. The molecule has 0 radical (unpaired) electrons. The van der Waals surface area contributed by atoms with E-state index in [9.17, 15) is 9.59 Å². The molecule has 0 aromatic heterocycles. The largest absolute Gasteiger partial charge is 0.468 e. The molecule has 2 aliphatic rings. The number of carbonyl (C=O) groups is 3. The maximum absolute atomic E-state index is 15.4. The van der Waals surface area contributed by atoms with E-state index in [1.165, 1.54) is 14.2 Å². The Morgan fingerprint density at radius 2 is 1.16 bits per heavy atom. The number of esters is 2. The van der Waals surface area contributed by atoms with Gasteiger partial charge in [-0.3, -0.25) is 14.4 Å². The van der Waals surface area contributed by atoms with Crippen LogP contribution >= 0.6 is 7.92 Å². The summed E-state index contributed by atoms with van der Waals surface area (Å²) in [6.07, 6.45) is 0. The van der Waals surface area contributed by atoms with Gasteiger partial charge >= 0.3 is 11.9 Å². The molecule has 2 aliphatic heterocycles. The second kappa shape index (κ2) is 12.3. The molecule has 9 heteroatoms. The first-order valence-electron chi connectivity index (χ1n) is 14.9. The summed E-state index contributed by atoms with van der Waals surface area (Å²) in [6, 6.07) is 26.2. The van der Waals surface area contributed by atoms with Crippen LogP contribution in [0.15, 0.2) is 78.9 Å². The number of likely N-dealkylation sites (tertiary alicyclic amines) is 1. The molecule has 0 saturated carbocycles. The van der Waals surface area contributed by atoms with Crippen molar-refractivity contribution in [1.82, 2.24) is 4.90 Å². The Labute approximate surface area is 261 Å². The molecular formula is C35H42N3O5P. The fraction of sp³-hybridized carbons (Fsp3) is 0.400. The number of piperidine rings is 1. The van der Waals surface area contributed by atoms with E-state index in [1.54, 1.807) is 0 Å². The van der Waals surface area contributed by atoms with Gasteiger partial charge in [0.05, 0.1) is 14.2 Å². The summed E-state index contributed by atoms with van der Waals surface area (Å²) in [5.41, 5.74) is -0.636. The molecule has 2 heterocycles. The van der Waals surface area contributed by atoms with E-state index < -0.39 is 47.8 Å². The van der Waals surface area contributed by atoms with Gasteiger partial charge in [-0.25, -0.2) is 0 Å². The first-order chi connectivity index (χ1) is 21.1. The summed E-state index contributed by atoms with van der Waals surface area (Å²) in [5, 5.41) is 1.00. The van der Waals surface area contributed by atoms with Gasteiger partial charge in [-0.05, 0) is 47.2 Å². The van der Waals surface area contributed by atoms with E-state index in [0.717, 1.165) is 27.8 Å². The van der Waals surface area contributed by atoms with Gasteiger partial charge in [-0.15, -0.1) is 0 Å². The normalized spacial score (nSPS) is 26.5. The van der Waals surface area contributed by atoms with Crippen LogP contribution in [-0.2, 0) is 23.9 Å². The number of benzene rings is 3. The van der Waals surface area contributed by atoms with Crippen LogP contribution in [-0.4, -0.2) is 84.7 Å². The van der Waals surface area contributed by atoms with Crippen LogP contribution in [0.5, 0.6) is 0 Å². The van der Waals surface area contributed by atoms with Crippen LogP contribution < -0.4 is 15.1 Å². The average molecular weight is 616 g/mol. The molecule has 44 heavy (non-hydrogen) atoms. The monoisotopic (exact) mass is 615 g/mol. The van der Waals surface area contributed by atoms with E-state index >= 15 is 4.79 Å². The van der Waals surface area contributed by atoms with Gasteiger partial charge in [-0.1, -0.05) is 69.4 Å². The fourth-order valence-electron chi connectivity index (χ4n) is 7.17. The van der Waals surface area contributed by atoms with Crippen molar-refractivity contribution in [3.63, 3.8) is 0 Å². The minimum Gasteiger partial charge on any atom is -0.468 e. The first-order valence-corrected chi connectivity index (χ1v) is 16.4. The van der Waals surface area contributed by atoms with Gasteiger partial charge < -0.3 is 24.2 Å². The number of Topliss-reactive ketones (excluding diaryl/α,β-unsaturated/α-hetero) is 1. The molecule has 2 saturated heterocycles. The minimum absolute atomic E-state index is 0.159. The number of hydrogen-bond donors (Lipinski definition) is 0. The lowest BCUT2D eigenvalue weighted by molar-refractivity contribution is -0.179. The first kappa shape index (κ1) is 31.7.